The van der Waals surface area contributed by atoms with Gasteiger partial charge in [0.05, 0.1) is 30.5 Å². The van der Waals surface area contributed by atoms with Gasteiger partial charge in [-0.15, -0.1) is 0 Å². The number of ether oxygens (including phenoxy) is 1. The van der Waals surface area contributed by atoms with Crippen molar-refractivity contribution in [1.82, 2.24) is 20.0 Å². The third-order valence-electron chi connectivity index (χ3n) is 5.32. The van der Waals surface area contributed by atoms with Gasteiger partial charge < -0.3 is 14.5 Å². The highest BCUT2D eigenvalue weighted by molar-refractivity contribution is 5.84. The highest BCUT2D eigenvalue weighted by Crippen LogP contribution is 2.41. The number of fused-ring (bicyclic) bond motifs is 1. The molecule has 1 N–H and O–H groups in total. The van der Waals surface area contributed by atoms with Crippen molar-refractivity contribution >= 4 is 5.91 Å². The van der Waals surface area contributed by atoms with Gasteiger partial charge in [-0.05, 0) is 25.0 Å². The summed E-state index contributed by atoms with van der Waals surface area (Å²) in [6, 6.07) is 3.70. The fourth-order valence-electron chi connectivity index (χ4n) is 4.06. The van der Waals surface area contributed by atoms with Gasteiger partial charge in [-0.25, -0.2) is 0 Å². The van der Waals surface area contributed by atoms with Gasteiger partial charge in [0, 0.05) is 45.0 Å². The molecule has 2 aliphatic rings. The Hall–Kier alpha value is -2.12. The molecule has 1 amide bonds. The number of rotatable bonds is 5. The number of aromatic nitrogens is 2. The topological polar surface area (TPSA) is 72.5 Å². The Balaban J connectivity index is 1.45. The van der Waals surface area contributed by atoms with E-state index in [1.54, 1.807) is 6.26 Å². The molecule has 0 bridgehead atoms. The van der Waals surface area contributed by atoms with E-state index in [1.807, 2.05) is 36.3 Å². The zero-order chi connectivity index (χ0) is 17.3. The Kier molecular flexibility index (Phi) is 4.35. The largest absolute Gasteiger partial charge is 0.467 e. The third-order valence-corrected chi connectivity index (χ3v) is 5.32. The number of nitrogens with zero attached hydrogens (tertiary/aromatic N) is 3. The van der Waals surface area contributed by atoms with Crippen molar-refractivity contribution in [2.75, 3.05) is 19.7 Å². The molecule has 0 aliphatic carbocycles. The van der Waals surface area contributed by atoms with Crippen LogP contribution in [0.3, 0.4) is 0 Å². The molecule has 0 unspecified atom stereocenters. The lowest BCUT2D eigenvalue weighted by atomic mass is 9.75. The summed E-state index contributed by atoms with van der Waals surface area (Å²) >= 11 is 0. The van der Waals surface area contributed by atoms with Crippen LogP contribution < -0.4 is 5.32 Å². The summed E-state index contributed by atoms with van der Waals surface area (Å²) in [4.78, 5) is 15.4. The first-order valence-corrected chi connectivity index (χ1v) is 8.78. The summed E-state index contributed by atoms with van der Waals surface area (Å²) in [6.45, 7) is 3.54. The number of hydrogen-bond donors (Lipinski definition) is 1. The quantitative estimate of drug-likeness (QED) is 0.885. The van der Waals surface area contributed by atoms with Crippen molar-refractivity contribution in [3.8, 4) is 0 Å². The maximum Gasteiger partial charge on any atom is 0.230 e. The van der Waals surface area contributed by atoms with Crippen molar-refractivity contribution in [2.45, 2.75) is 32.0 Å². The standard InChI is InChI=1S/C18H24N4O3/c1-21-11-14(9-20-21)12-22-6-4-16-18(13-22,5-8-25-16)17(23)19-10-15-3-2-7-24-15/h2-3,7,9,11,16H,4-6,8,10,12-13H2,1H3,(H,19,23)/t16-,18-/m1/s1. The normalized spacial score (nSPS) is 26.5. The Morgan fingerprint density at radius 3 is 3.20 bits per heavy atom. The first-order chi connectivity index (χ1) is 12.2. The van der Waals surface area contributed by atoms with Crippen LogP contribution in [0.15, 0.2) is 35.2 Å². The van der Waals surface area contributed by atoms with Crippen LogP contribution in [0, 0.1) is 5.41 Å². The minimum atomic E-state index is -0.465. The number of carbonyl (C=O) groups excluding carboxylic acids is 1. The second-order valence-corrected chi connectivity index (χ2v) is 7.05. The molecule has 2 aliphatic heterocycles. The van der Waals surface area contributed by atoms with Gasteiger partial charge in [0.15, 0.2) is 0 Å². The van der Waals surface area contributed by atoms with Gasteiger partial charge in [-0.3, -0.25) is 14.4 Å². The average molecular weight is 344 g/mol. The molecule has 25 heavy (non-hydrogen) atoms. The number of nitrogens with one attached hydrogen (secondary N) is 1. The monoisotopic (exact) mass is 344 g/mol. The van der Waals surface area contributed by atoms with E-state index in [2.05, 4.69) is 15.3 Å². The van der Waals surface area contributed by atoms with Gasteiger partial charge >= 0.3 is 0 Å². The van der Waals surface area contributed by atoms with Crippen molar-refractivity contribution < 1.29 is 13.9 Å². The number of aryl methyl sites for hydroxylation is 1. The van der Waals surface area contributed by atoms with E-state index < -0.39 is 5.41 Å². The molecule has 2 aromatic rings. The number of furan rings is 1. The fourth-order valence-corrected chi connectivity index (χ4v) is 4.06. The molecule has 2 atom stereocenters. The molecule has 7 nitrogen and oxygen atoms in total. The maximum atomic E-state index is 13.0. The SMILES string of the molecule is Cn1cc(CN2CC[C@H]3OCC[C@@]3(C(=O)NCc3ccco3)C2)cn1. The van der Waals surface area contributed by atoms with Gasteiger partial charge in [-0.2, -0.15) is 5.10 Å². The first-order valence-electron chi connectivity index (χ1n) is 8.78. The molecule has 2 aromatic heterocycles. The lowest BCUT2D eigenvalue weighted by molar-refractivity contribution is -0.139. The predicted molar refractivity (Wildman–Crippen MR) is 90.4 cm³/mol. The van der Waals surface area contributed by atoms with Crippen LogP contribution in [0.25, 0.3) is 0 Å². The Morgan fingerprint density at radius 1 is 1.52 bits per heavy atom. The van der Waals surface area contributed by atoms with Crippen molar-refractivity contribution in [3.05, 3.63) is 42.1 Å². The molecule has 0 radical (unpaired) electrons. The molecule has 4 rings (SSSR count). The molecular formula is C18H24N4O3. The first kappa shape index (κ1) is 16.4. The van der Waals surface area contributed by atoms with Crippen molar-refractivity contribution in [2.24, 2.45) is 12.5 Å². The predicted octanol–water partition coefficient (Wildman–Crippen LogP) is 1.31. The molecular weight excluding hydrogens is 320 g/mol. The molecule has 4 heterocycles. The van der Waals surface area contributed by atoms with E-state index in [9.17, 15) is 4.79 Å². The molecule has 2 saturated heterocycles. The summed E-state index contributed by atoms with van der Waals surface area (Å²) in [7, 11) is 1.92. The summed E-state index contributed by atoms with van der Waals surface area (Å²) in [6.07, 6.45) is 7.20. The van der Waals surface area contributed by atoms with Crippen LogP contribution in [-0.2, 0) is 29.7 Å². The van der Waals surface area contributed by atoms with Crippen LogP contribution in [0.5, 0.6) is 0 Å². The Bertz CT molecular complexity index is 727. The Labute approximate surface area is 146 Å². The average Bonchev–Trinajstić information content (AvgIpc) is 3.33. The molecule has 134 valence electrons. The van der Waals surface area contributed by atoms with Crippen LogP contribution in [0.2, 0.25) is 0 Å². The summed E-state index contributed by atoms with van der Waals surface area (Å²) in [5.41, 5.74) is 0.707. The van der Waals surface area contributed by atoms with E-state index >= 15 is 0 Å². The Morgan fingerprint density at radius 2 is 2.44 bits per heavy atom. The number of carbonyl (C=O) groups is 1. The molecule has 0 spiro atoms. The summed E-state index contributed by atoms with van der Waals surface area (Å²) in [5, 5.41) is 7.28. The van der Waals surface area contributed by atoms with Crippen LogP contribution in [0.1, 0.15) is 24.2 Å². The smallest absolute Gasteiger partial charge is 0.230 e. The van der Waals surface area contributed by atoms with Gasteiger partial charge in [0.1, 0.15) is 5.76 Å². The van der Waals surface area contributed by atoms with Gasteiger partial charge in [0.2, 0.25) is 5.91 Å². The highest BCUT2D eigenvalue weighted by atomic mass is 16.5. The molecule has 0 aromatic carbocycles. The second kappa shape index (κ2) is 6.65. The highest BCUT2D eigenvalue weighted by Gasteiger charge is 2.53. The summed E-state index contributed by atoms with van der Waals surface area (Å²) in [5.74, 6) is 0.838. The van der Waals surface area contributed by atoms with E-state index in [4.69, 9.17) is 9.15 Å². The van der Waals surface area contributed by atoms with E-state index in [0.29, 0.717) is 13.2 Å². The van der Waals surface area contributed by atoms with Gasteiger partial charge in [-0.1, -0.05) is 0 Å². The minimum absolute atomic E-state index is 0.00856. The van der Waals surface area contributed by atoms with E-state index in [1.165, 1.54) is 5.56 Å². The van der Waals surface area contributed by atoms with E-state index in [-0.39, 0.29) is 12.0 Å². The van der Waals surface area contributed by atoms with Gasteiger partial charge in [0.25, 0.3) is 0 Å². The number of hydrogen-bond acceptors (Lipinski definition) is 5. The summed E-state index contributed by atoms with van der Waals surface area (Å²) < 4.78 is 13.0. The number of piperidine rings is 1. The number of likely N-dealkylation sites (tertiary alicyclic amines) is 1. The molecule has 7 heteroatoms. The van der Waals surface area contributed by atoms with Crippen molar-refractivity contribution in [3.63, 3.8) is 0 Å². The molecule has 2 fully saturated rings. The lowest BCUT2D eigenvalue weighted by Gasteiger charge is -2.42. The fraction of sp³-hybridized carbons (Fsp3) is 0.556. The van der Waals surface area contributed by atoms with E-state index in [0.717, 1.165) is 38.2 Å². The maximum absolute atomic E-state index is 13.0. The zero-order valence-electron chi connectivity index (χ0n) is 14.5. The second-order valence-electron chi connectivity index (χ2n) is 7.05. The third kappa shape index (κ3) is 3.21. The van der Waals surface area contributed by atoms with Crippen LogP contribution in [0.4, 0.5) is 0 Å². The van der Waals surface area contributed by atoms with Crippen LogP contribution in [-0.4, -0.2) is 46.4 Å². The minimum Gasteiger partial charge on any atom is -0.467 e. The molecule has 0 saturated carbocycles. The van der Waals surface area contributed by atoms with Crippen LogP contribution >= 0.6 is 0 Å². The number of amides is 1. The van der Waals surface area contributed by atoms with Crippen molar-refractivity contribution in [1.29, 1.82) is 0 Å². The zero-order valence-corrected chi connectivity index (χ0v) is 14.5. The lowest BCUT2D eigenvalue weighted by Crippen LogP contribution is -2.56.